The zero-order chi connectivity index (χ0) is 46.0. The lowest BCUT2D eigenvalue weighted by Gasteiger charge is -2.16. The van der Waals surface area contributed by atoms with Crippen LogP contribution in [0.2, 0.25) is 0 Å². The second-order valence-electron chi connectivity index (χ2n) is 15.3. The molecule has 5 aromatic rings. The van der Waals surface area contributed by atoms with Gasteiger partial charge in [-0.25, -0.2) is 14.8 Å². The Balaban J connectivity index is 0.916. The molecule has 19 nitrogen and oxygen atoms in total. The number of para-hydroxylation sites is 1. The first kappa shape index (κ1) is 46.1. The molecular weight excluding hydrogens is 895 g/mol. The van der Waals surface area contributed by atoms with Crippen LogP contribution in [-0.2, 0) is 49.1 Å². The summed E-state index contributed by atoms with van der Waals surface area (Å²) in [5.41, 5.74) is 2.24. The average Bonchev–Trinajstić information content (AvgIpc) is 4.10. The van der Waals surface area contributed by atoms with Crippen molar-refractivity contribution in [3.05, 3.63) is 101 Å². The molecule has 0 aliphatic carbocycles. The third-order valence-electron chi connectivity index (χ3n) is 10.1. The Bertz CT molecular complexity index is 2520. The van der Waals surface area contributed by atoms with E-state index in [-0.39, 0.29) is 99.1 Å². The number of carbonyl (C=O) groups excluding carboxylic acids is 3. The van der Waals surface area contributed by atoms with Crippen molar-refractivity contribution in [1.29, 1.82) is 0 Å². The number of aromatic nitrogens is 1. The van der Waals surface area contributed by atoms with Gasteiger partial charge in [0.15, 0.2) is 69.0 Å². The van der Waals surface area contributed by atoms with Crippen molar-refractivity contribution in [2.24, 2.45) is 5.10 Å². The minimum absolute atomic E-state index is 0.0379. The van der Waals surface area contributed by atoms with Crippen molar-refractivity contribution in [3.8, 4) is 28.7 Å². The number of ketones is 2. The van der Waals surface area contributed by atoms with E-state index in [2.05, 4.69) is 0 Å². The Kier molecular flexibility index (Phi) is 15.2. The fourth-order valence-corrected chi connectivity index (χ4v) is 7.23. The number of fused-ring (bicyclic) bond motifs is 1. The Labute approximate surface area is 388 Å². The highest BCUT2D eigenvalue weighted by Gasteiger charge is 2.27. The second-order valence-corrected chi connectivity index (χ2v) is 16.3. The van der Waals surface area contributed by atoms with Crippen LogP contribution in [0.5, 0.6) is 28.7 Å². The Hall–Kier alpha value is -6.07. The van der Waals surface area contributed by atoms with Crippen molar-refractivity contribution >= 4 is 50.4 Å². The van der Waals surface area contributed by atoms with E-state index in [1.807, 2.05) is 31.2 Å². The zero-order valence-electron chi connectivity index (χ0n) is 36.4. The fourth-order valence-electron chi connectivity index (χ4n) is 6.28. The molecule has 4 aromatic carbocycles. The third kappa shape index (κ3) is 13.5. The van der Waals surface area contributed by atoms with Crippen molar-refractivity contribution in [2.45, 2.75) is 51.2 Å². The molecule has 0 spiro atoms. The van der Waals surface area contributed by atoms with E-state index in [4.69, 9.17) is 71.7 Å². The van der Waals surface area contributed by atoms with Gasteiger partial charge in [0.05, 0.1) is 35.2 Å². The summed E-state index contributed by atoms with van der Waals surface area (Å²) in [5.74, 6) is -0.818. The molecule has 4 fully saturated rings. The van der Waals surface area contributed by atoms with Crippen molar-refractivity contribution < 1.29 is 76.0 Å². The molecule has 4 aliphatic rings. The molecule has 1 aromatic heterocycles. The topological polar surface area (TPSA) is 213 Å². The number of nitrogens with zero attached hydrogens (tertiary/aromatic N) is 3. The number of carbonyl (C=O) groups is 3. The summed E-state index contributed by atoms with van der Waals surface area (Å²) >= 11 is 1.51. The van der Waals surface area contributed by atoms with E-state index in [9.17, 15) is 14.4 Å². The van der Waals surface area contributed by atoms with Crippen molar-refractivity contribution in [2.75, 3.05) is 71.8 Å². The zero-order valence-corrected chi connectivity index (χ0v) is 37.2. The van der Waals surface area contributed by atoms with Gasteiger partial charge < -0.3 is 61.6 Å². The Morgan fingerprint density at radius 1 is 0.731 bits per heavy atom. The van der Waals surface area contributed by atoms with E-state index in [1.165, 1.54) is 35.6 Å². The molecule has 4 atom stereocenters. The van der Waals surface area contributed by atoms with Crippen LogP contribution in [0.25, 0.3) is 10.2 Å². The molecule has 5 heterocycles. The fraction of sp³-hybridized carbons (Fsp3) is 0.383. The molecule has 0 saturated carbocycles. The molecule has 0 amide bonds. The van der Waals surface area contributed by atoms with Crippen molar-refractivity contribution in [1.82, 2.24) is 4.98 Å². The lowest BCUT2D eigenvalue weighted by atomic mass is 10.00. The van der Waals surface area contributed by atoms with Crippen LogP contribution >= 0.6 is 11.3 Å². The molecular formula is C47H47N3O16S. The quantitative estimate of drug-likeness (QED) is 0.00616. The van der Waals surface area contributed by atoms with Crippen LogP contribution in [0.4, 0.5) is 5.13 Å². The first-order valence-corrected chi connectivity index (χ1v) is 22.4. The first-order chi connectivity index (χ1) is 32.8. The summed E-state index contributed by atoms with van der Waals surface area (Å²) in [4.78, 5) is 45.6. The van der Waals surface area contributed by atoms with Crippen LogP contribution in [0.1, 0.15) is 51.6 Å². The number of esters is 1. The van der Waals surface area contributed by atoms with Gasteiger partial charge in [0.2, 0.25) is 16.7 Å². The maximum atomic E-state index is 13.9. The standard InChI is InChI=1S/C47H47N3O16S/c1-2-15-50(47-49-34-5-3-4-6-41(34)67-47)48-19-32-16-29(7-11-35(51)45(52)30-9-13-37(60-26-63-42-22-56-42)39(17-30)62-28-65-44-24-58-44)8-12-36(32)66-46(53)31-10-14-38(61-27-64-43-23-57-43)40(18-31)59-25-54-20-33-21-55-33/h3-6,8-10,12-14,16-19,33,42-44H,2,7,11,15,20-28H2,1H3/b48-19+. The van der Waals surface area contributed by atoms with Gasteiger partial charge in [-0.3, -0.25) is 9.59 Å². The second kappa shape index (κ2) is 22.2. The van der Waals surface area contributed by atoms with Gasteiger partial charge in [-0.15, -0.1) is 0 Å². The number of hydrogen-bond donors (Lipinski definition) is 0. The molecule has 67 heavy (non-hydrogen) atoms. The van der Waals surface area contributed by atoms with Crippen molar-refractivity contribution in [3.63, 3.8) is 0 Å². The van der Waals surface area contributed by atoms with Gasteiger partial charge in [0.25, 0.3) is 0 Å². The van der Waals surface area contributed by atoms with Gasteiger partial charge in [-0.2, -0.15) is 5.10 Å². The van der Waals surface area contributed by atoms with Gasteiger partial charge in [-0.1, -0.05) is 36.5 Å². The van der Waals surface area contributed by atoms with Crippen LogP contribution in [0, 0.1) is 0 Å². The predicted molar refractivity (Wildman–Crippen MR) is 237 cm³/mol. The summed E-state index contributed by atoms with van der Waals surface area (Å²) in [5, 5.41) is 7.30. The molecule has 4 unspecified atom stereocenters. The summed E-state index contributed by atoms with van der Waals surface area (Å²) < 4.78 is 72.3. The number of rotatable bonds is 29. The lowest BCUT2D eigenvalue weighted by Crippen LogP contribution is -2.17. The number of ether oxygens (including phenoxy) is 13. The smallest absolute Gasteiger partial charge is 0.343 e. The highest BCUT2D eigenvalue weighted by Crippen LogP contribution is 2.33. The van der Waals surface area contributed by atoms with E-state index in [0.717, 1.165) is 16.6 Å². The van der Waals surface area contributed by atoms with Crippen LogP contribution in [-0.4, -0.2) is 120 Å². The lowest BCUT2D eigenvalue weighted by molar-refractivity contribution is -0.115. The molecule has 9 rings (SSSR count). The number of hydrogen-bond acceptors (Lipinski definition) is 20. The highest BCUT2D eigenvalue weighted by atomic mass is 32.1. The molecule has 352 valence electrons. The Morgan fingerprint density at radius 3 is 1.99 bits per heavy atom. The number of hydrazone groups is 1. The molecule has 0 radical (unpaired) electrons. The predicted octanol–water partition coefficient (Wildman–Crippen LogP) is 6.03. The maximum Gasteiger partial charge on any atom is 0.343 e. The molecule has 0 N–H and O–H groups in total. The van der Waals surface area contributed by atoms with E-state index >= 15 is 0 Å². The SMILES string of the molecule is CCCN(/N=C/c1cc(CCC(=O)C(=O)c2ccc(OCOC3CO3)c(OCOC3CO3)c2)ccc1OC(=O)c1ccc(OCOC2CO2)c(OCOCC2CO2)c1)c1nc2ccccc2s1. The van der Waals surface area contributed by atoms with Crippen LogP contribution < -0.4 is 28.7 Å². The summed E-state index contributed by atoms with van der Waals surface area (Å²) in [6, 6.07) is 22.0. The molecule has 4 saturated heterocycles. The Morgan fingerprint density at radius 2 is 1.34 bits per heavy atom. The van der Waals surface area contributed by atoms with Crippen LogP contribution in [0.3, 0.4) is 0 Å². The largest absolute Gasteiger partial charge is 0.464 e. The summed E-state index contributed by atoms with van der Waals surface area (Å²) in [7, 11) is 0. The van der Waals surface area contributed by atoms with E-state index in [0.29, 0.717) is 61.6 Å². The number of benzene rings is 4. The molecule has 0 bridgehead atoms. The average molecular weight is 942 g/mol. The maximum absolute atomic E-state index is 13.9. The minimum atomic E-state index is -0.712. The summed E-state index contributed by atoms with van der Waals surface area (Å²) in [6.07, 6.45) is 1.46. The monoisotopic (exact) mass is 941 g/mol. The van der Waals surface area contributed by atoms with Gasteiger partial charge in [-0.05, 0) is 79.1 Å². The number of Topliss-reactive ketones (excluding diaryl/α,β-unsaturated/α-hetero) is 2. The van der Waals surface area contributed by atoms with Gasteiger partial charge in [0.1, 0.15) is 31.7 Å². The minimum Gasteiger partial charge on any atom is -0.464 e. The van der Waals surface area contributed by atoms with Gasteiger partial charge >= 0.3 is 5.97 Å². The van der Waals surface area contributed by atoms with Crippen LogP contribution in [0.15, 0.2) is 84.0 Å². The number of epoxide rings is 4. The molecule has 4 aliphatic heterocycles. The van der Waals surface area contributed by atoms with E-state index < -0.39 is 17.5 Å². The summed E-state index contributed by atoms with van der Waals surface area (Å²) in [6.45, 7) is 4.53. The first-order valence-electron chi connectivity index (χ1n) is 21.6. The number of thiazole rings is 1. The third-order valence-corrected chi connectivity index (χ3v) is 11.2. The van der Waals surface area contributed by atoms with E-state index in [1.54, 1.807) is 41.6 Å². The van der Waals surface area contributed by atoms with Gasteiger partial charge in [0, 0.05) is 24.1 Å². The number of aryl methyl sites for hydroxylation is 1. The number of anilines is 1. The highest BCUT2D eigenvalue weighted by molar-refractivity contribution is 7.22. The molecule has 20 heteroatoms. The normalized spacial score (nSPS) is 18.9.